The summed E-state index contributed by atoms with van der Waals surface area (Å²) in [6.45, 7) is 0. The molecular formula is C7H7F2NO. The van der Waals surface area contributed by atoms with E-state index in [0.29, 0.717) is 5.75 Å². The maximum absolute atomic E-state index is 11.8. The third kappa shape index (κ3) is 1.80. The molecule has 0 heterocycles. The molecule has 1 aromatic rings. The summed E-state index contributed by atoms with van der Waals surface area (Å²) < 4.78 is 28.4. The van der Waals surface area contributed by atoms with E-state index in [1.54, 1.807) is 0 Å². The second-order valence-electron chi connectivity index (χ2n) is 1.93. The van der Waals surface area contributed by atoms with Gasteiger partial charge in [-0.2, -0.15) is 0 Å². The van der Waals surface area contributed by atoms with Gasteiger partial charge < -0.3 is 4.74 Å². The van der Waals surface area contributed by atoms with Crippen molar-refractivity contribution in [2.45, 2.75) is 0 Å². The summed E-state index contributed by atoms with van der Waals surface area (Å²) in [6.07, 6.45) is 0. The number of halogens is 2. The Morgan fingerprint density at radius 3 is 2.09 bits per heavy atom. The number of benzene rings is 1. The molecule has 0 aliphatic heterocycles. The molecule has 11 heavy (non-hydrogen) atoms. The maximum atomic E-state index is 11.8. The van der Waals surface area contributed by atoms with Crippen LogP contribution in [0.25, 0.3) is 0 Å². The molecule has 2 nitrogen and oxygen atoms in total. The summed E-state index contributed by atoms with van der Waals surface area (Å²) in [5, 5.41) is -0.945. The lowest BCUT2D eigenvalue weighted by Crippen LogP contribution is -1.94. The lowest BCUT2D eigenvalue weighted by molar-refractivity contribution is 0.235. The summed E-state index contributed by atoms with van der Waals surface area (Å²) >= 11 is 0. The van der Waals surface area contributed by atoms with Crippen molar-refractivity contribution in [2.24, 2.45) is 0 Å². The van der Waals surface area contributed by atoms with Crippen LogP contribution in [0, 0.1) is 0 Å². The minimum atomic E-state index is -0.945. The fourth-order valence-corrected chi connectivity index (χ4v) is 0.695. The van der Waals surface area contributed by atoms with E-state index in [-0.39, 0.29) is 5.69 Å². The first-order valence-corrected chi connectivity index (χ1v) is 3.00. The van der Waals surface area contributed by atoms with Crippen molar-refractivity contribution in [2.75, 3.05) is 12.5 Å². The Bertz CT molecular complexity index is 222. The second-order valence-corrected chi connectivity index (χ2v) is 1.93. The van der Waals surface area contributed by atoms with Crippen molar-refractivity contribution in [3.05, 3.63) is 24.3 Å². The molecule has 0 bridgehead atoms. The first-order valence-electron chi connectivity index (χ1n) is 3.00. The van der Waals surface area contributed by atoms with Crippen LogP contribution in [0.2, 0.25) is 0 Å². The van der Waals surface area contributed by atoms with E-state index in [2.05, 4.69) is 0 Å². The molecule has 0 amide bonds. The van der Waals surface area contributed by atoms with Crippen molar-refractivity contribution in [1.29, 1.82) is 0 Å². The quantitative estimate of drug-likeness (QED) is 0.614. The van der Waals surface area contributed by atoms with Crippen LogP contribution in [0.1, 0.15) is 0 Å². The Morgan fingerprint density at radius 2 is 1.73 bits per heavy atom. The number of anilines is 1. The second kappa shape index (κ2) is 3.18. The highest BCUT2D eigenvalue weighted by molar-refractivity contribution is 5.44. The molecular weight excluding hydrogens is 152 g/mol. The lowest BCUT2D eigenvalue weighted by Gasteiger charge is -2.02. The van der Waals surface area contributed by atoms with Gasteiger partial charge in [-0.05, 0) is 29.6 Å². The maximum Gasteiger partial charge on any atom is 0.119 e. The Morgan fingerprint density at radius 1 is 1.18 bits per heavy atom. The van der Waals surface area contributed by atoms with Crippen LogP contribution in [0.15, 0.2) is 24.3 Å². The van der Waals surface area contributed by atoms with Crippen LogP contribution in [0.4, 0.5) is 14.6 Å². The average Bonchev–Trinajstić information content (AvgIpc) is 2.05. The molecule has 1 rings (SSSR count). The van der Waals surface area contributed by atoms with Crippen LogP contribution < -0.4 is 10.1 Å². The molecule has 0 radical (unpaired) electrons. The Labute approximate surface area is 62.9 Å². The number of rotatable bonds is 2. The molecule has 0 atom stereocenters. The van der Waals surface area contributed by atoms with E-state index >= 15 is 0 Å². The Kier molecular flexibility index (Phi) is 2.25. The van der Waals surface area contributed by atoms with Gasteiger partial charge in [0.05, 0.1) is 7.11 Å². The van der Waals surface area contributed by atoms with Crippen LogP contribution in [0.3, 0.4) is 0 Å². The van der Waals surface area contributed by atoms with Crippen LogP contribution in [-0.2, 0) is 0 Å². The standard InChI is InChI=1S/C7H7F2NO/c1-11-7-4-2-6(3-5-7)10(8)9/h2-5H,1H3. The van der Waals surface area contributed by atoms with Crippen molar-refractivity contribution in [3.8, 4) is 5.75 Å². The zero-order chi connectivity index (χ0) is 8.27. The predicted octanol–water partition coefficient (Wildman–Crippen LogP) is 2.27. The first-order chi connectivity index (χ1) is 5.24. The first kappa shape index (κ1) is 7.78. The molecule has 4 heteroatoms. The number of methoxy groups -OCH3 is 1. The Hall–Kier alpha value is -1.32. The minimum Gasteiger partial charge on any atom is -0.497 e. The average molecular weight is 159 g/mol. The molecule has 0 aromatic heterocycles. The molecule has 0 N–H and O–H groups in total. The molecule has 0 unspecified atom stereocenters. The summed E-state index contributed by atoms with van der Waals surface area (Å²) in [4.78, 5) is 0. The molecule has 60 valence electrons. The van der Waals surface area contributed by atoms with Crippen LogP contribution in [0.5, 0.6) is 5.75 Å². The van der Waals surface area contributed by atoms with Crippen molar-refractivity contribution >= 4 is 5.69 Å². The predicted molar refractivity (Wildman–Crippen MR) is 37.7 cm³/mol. The number of hydrogen-bond donors (Lipinski definition) is 0. The zero-order valence-electron chi connectivity index (χ0n) is 5.92. The molecule has 0 fully saturated rings. The summed E-state index contributed by atoms with van der Waals surface area (Å²) in [5.74, 6) is 0.565. The van der Waals surface area contributed by atoms with E-state index in [1.807, 2.05) is 0 Å². The Balaban J connectivity index is 2.83. The molecule has 0 saturated carbocycles. The zero-order valence-corrected chi connectivity index (χ0v) is 5.92. The van der Waals surface area contributed by atoms with Gasteiger partial charge in [-0.15, -0.1) is 0 Å². The van der Waals surface area contributed by atoms with Gasteiger partial charge in [0.2, 0.25) is 0 Å². The number of ether oxygens (including phenoxy) is 1. The van der Waals surface area contributed by atoms with Gasteiger partial charge in [0.25, 0.3) is 0 Å². The molecule has 0 saturated heterocycles. The van der Waals surface area contributed by atoms with Gasteiger partial charge in [-0.1, -0.05) is 8.96 Å². The molecule has 0 aliphatic rings. The summed E-state index contributed by atoms with van der Waals surface area (Å²) in [5.41, 5.74) is -0.147. The van der Waals surface area contributed by atoms with Gasteiger partial charge in [-0.25, -0.2) is 0 Å². The molecule has 0 spiro atoms. The molecule has 1 aromatic carbocycles. The van der Waals surface area contributed by atoms with Gasteiger partial charge in [0.15, 0.2) is 0 Å². The highest BCUT2D eigenvalue weighted by Gasteiger charge is 2.00. The number of hydrogen-bond acceptors (Lipinski definition) is 2. The summed E-state index contributed by atoms with van der Waals surface area (Å²) in [7, 11) is 1.48. The monoisotopic (exact) mass is 159 g/mol. The van der Waals surface area contributed by atoms with Gasteiger partial charge in [-0.3, -0.25) is 0 Å². The summed E-state index contributed by atoms with van der Waals surface area (Å²) in [6, 6.07) is 5.50. The topological polar surface area (TPSA) is 12.5 Å². The van der Waals surface area contributed by atoms with E-state index in [4.69, 9.17) is 4.74 Å². The van der Waals surface area contributed by atoms with E-state index in [0.717, 1.165) is 0 Å². The highest BCUT2D eigenvalue weighted by atomic mass is 19.4. The van der Waals surface area contributed by atoms with Gasteiger partial charge in [0.1, 0.15) is 11.4 Å². The van der Waals surface area contributed by atoms with Gasteiger partial charge >= 0.3 is 0 Å². The fourth-order valence-electron chi connectivity index (χ4n) is 0.695. The highest BCUT2D eigenvalue weighted by Crippen LogP contribution is 2.19. The van der Waals surface area contributed by atoms with E-state index < -0.39 is 5.34 Å². The van der Waals surface area contributed by atoms with Crippen LogP contribution >= 0.6 is 0 Å². The van der Waals surface area contributed by atoms with Crippen molar-refractivity contribution in [3.63, 3.8) is 0 Å². The third-order valence-corrected chi connectivity index (χ3v) is 1.27. The number of nitrogens with zero attached hydrogens (tertiary/aromatic N) is 1. The largest absolute Gasteiger partial charge is 0.497 e. The van der Waals surface area contributed by atoms with Crippen LogP contribution in [-0.4, -0.2) is 7.11 Å². The normalized spacial score (nSPS) is 9.36. The smallest absolute Gasteiger partial charge is 0.119 e. The van der Waals surface area contributed by atoms with Gasteiger partial charge in [0, 0.05) is 0 Å². The molecule has 0 aliphatic carbocycles. The van der Waals surface area contributed by atoms with E-state index in [1.165, 1.54) is 31.4 Å². The van der Waals surface area contributed by atoms with Crippen molar-refractivity contribution < 1.29 is 13.7 Å². The van der Waals surface area contributed by atoms with Crippen molar-refractivity contribution in [1.82, 2.24) is 0 Å². The fraction of sp³-hybridized carbons (Fsp3) is 0.143. The lowest BCUT2D eigenvalue weighted by atomic mass is 10.3. The third-order valence-electron chi connectivity index (χ3n) is 1.27. The SMILES string of the molecule is COc1ccc(N(F)F)cc1. The van der Waals surface area contributed by atoms with E-state index in [9.17, 15) is 8.96 Å². The minimum absolute atomic E-state index is 0.147.